The fourth-order valence-corrected chi connectivity index (χ4v) is 2.45. The van der Waals surface area contributed by atoms with Gasteiger partial charge in [0.1, 0.15) is 5.60 Å². The normalized spacial score (nSPS) is 14.0. The zero-order chi connectivity index (χ0) is 18.0. The van der Waals surface area contributed by atoms with Crippen LogP contribution in [-0.4, -0.2) is 32.3 Å². The zero-order valence-corrected chi connectivity index (χ0v) is 13.9. The largest absolute Gasteiger partial charge is 0.479 e. The van der Waals surface area contributed by atoms with Gasteiger partial charge in [-0.05, 0) is 38.5 Å². The van der Waals surface area contributed by atoms with Crippen LogP contribution >= 0.6 is 0 Å². The maximum Gasteiger partial charge on any atom is 0.349 e. The van der Waals surface area contributed by atoms with Crippen LogP contribution in [0.4, 0.5) is 0 Å². The Morgan fingerprint density at radius 1 is 1.08 bits per heavy atom. The second-order valence-corrected chi connectivity index (χ2v) is 6.46. The van der Waals surface area contributed by atoms with Crippen LogP contribution in [0.25, 0.3) is 0 Å². The Morgan fingerprint density at radius 2 is 1.62 bits per heavy atom. The second kappa shape index (κ2) is 6.49. The number of hydrogen-bond donors (Lipinski definition) is 2. The van der Waals surface area contributed by atoms with Crippen LogP contribution in [0.5, 0.6) is 0 Å². The first-order valence-electron chi connectivity index (χ1n) is 7.52. The van der Waals surface area contributed by atoms with E-state index < -0.39 is 23.1 Å². The molecule has 0 bridgehead atoms. The molecule has 0 saturated carbocycles. The molecule has 0 radical (unpaired) electrons. The van der Waals surface area contributed by atoms with Gasteiger partial charge in [-0.15, -0.1) is 0 Å². The summed E-state index contributed by atoms with van der Waals surface area (Å²) < 4.78 is 6.73. The van der Waals surface area contributed by atoms with Crippen LogP contribution in [-0.2, 0) is 26.5 Å². The standard InChI is InChI=1S/C18H21NO5/c1-17(2,3)24-16(23)18(15(21)22,19-10-4-5-11-19)14-8-6-13(12-20)7-9-14/h4-11,20H,12H2,1-3H3,(H,21,22). The number of carboxylic acid groups (broad SMARTS) is 1. The van der Waals surface area contributed by atoms with Crippen LogP contribution in [0.3, 0.4) is 0 Å². The molecule has 1 aromatic heterocycles. The Hall–Kier alpha value is -2.60. The minimum absolute atomic E-state index is 0.170. The molecule has 1 unspecified atom stereocenters. The first-order valence-corrected chi connectivity index (χ1v) is 7.52. The highest BCUT2D eigenvalue weighted by Gasteiger charge is 2.52. The van der Waals surface area contributed by atoms with Gasteiger partial charge in [0.25, 0.3) is 5.54 Å². The number of ether oxygens (including phenoxy) is 1. The van der Waals surface area contributed by atoms with Gasteiger partial charge in [-0.25, -0.2) is 9.59 Å². The second-order valence-electron chi connectivity index (χ2n) is 6.46. The number of benzene rings is 1. The zero-order valence-electron chi connectivity index (χ0n) is 13.9. The number of nitrogens with zero attached hydrogens (tertiary/aromatic N) is 1. The van der Waals surface area contributed by atoms with Gasteiger partial charge in [0, 0.05) is 18.0 Å². The van der Waals surface area contributed by atoms with Crippen molar-refractivity contribution in [3.05, 3.63) is 59.9 Å². The topological polar surface area (TPSA) is 88.8 Å². The van der Waals surface area contributed by atoms with Gasteiger partial charge in [0.2, 0.25) is 0 Å². The summed E-state index contributed by atoms with van der Waals surface area (Å²) in [5.41, 5.74) is -2.01. The van der Waals surface area contributed by atoms with Gasteiger partial charge < -0.3 is 19.5 Å². The lowest BCUT2D eigenvalue weighted by Gasteiger charge is -2.32. The molecule has 0 saturated heterocycles. The van der Waals surface area contributed by atoms with Crippen molar-refractivity contribution in [3.8, 4) is 0 Å². The van der Waals surface area contributed by atoms with Gasteiger partial charge in [-0.2, -0.15) is 0 Å². The predicted octanol–water partition coefficient (Wildman–Crippen LogP) is 2.15. The maximum atomic E-state index is 12.9. The Balaban J connectivity index is 2.67. The highest BCUT2D eigenvalue weighted by molar-refractivity contribution is 6.05. The highest BCUT2D eigenvalue weighted by Crippen LogP contribution is 2.31. The maximum absolute atomic E-state index is 12.9. The summed E-state index contributed by atoms with van der Waals surface area (Å²) in [4.78, 5) is 25.1. The van der Waals surface area contributed by atoms with Gasteiger partial charge >= 0.3 is 11.9 Å². The van der Waals surface area contributed by atoms with E-state index in [0.717, 1.165) is 0 Å². The summed E-state index contributed by atoms with van der Waals surface area (Å²) in [6, 6.07) is 9.49. The van der Waals surface area contributed by atoms with Crippen molar-refractivity contribution in [2.75, 3.05) is 0 Å². The number of aromatic nitrogens is 1. The monoisotopic (exact) mass is 331 g/mol. The molecule has 2 aromatic rings. The number of aliphatic carboxylic acids is 1. The van der Waals surface area contributed by atoms with Crippen molar-refractivity contribution in [2.45, 2.75) is 38.5 Å². The van der Waals surface area contributed by atoms with Gasteiger partial charge in [-0.3, -0.25) is 0 Å². The molecular weight excluding hydrogens is 310 g/mol. The third kappa shape index (κ3) is 3.19. The number of esters is 1. The molecule has 6 nitrogen and oxygen atoms in total. The summed E-state index contributed by atoms with van der Waals surface area (Å²) in [5.74, 6) is -2.22. The van der Waals surface area contributed by atoms with Gasteiger partial charge in [0.05, 0.1) is 6.61 Å². The summed E-state index contributed by atoms with van der Waals surface area (Å²) >= 11 is 0. The number of rotatable bonds is 5. The Bertz CT molecular complexity index is 713. The number of hydrogen-bond acceptors (Lipinski definition) is 4. The molecule has 2 rings (SSSR count). The predicted molar refractivity (Wildman–Crippen MR) is 87.4 cm³/mol. The Kier molecular flexibility index (Phi) is 4.80. The highest BCUT2D eigenvalue weighted by atomic mass is 16.6. The summed E-state index contributed by atoms with van der Waals surface area (Å²) in [5, 5.41) is 19.1. The third-order valence-electron chi connectivity index (χ3n) is 3.55. The van der Waals surface area contributed by atoms with E-state index in [1.165, 1.54) is 29.1 Å². The van der Waals surface area contributed by atoms with E-state index in [1.54, 1.807) is 45.0 Å². The number of carbonyl (C=O) groups is 2. The van der Waals surface area contributed by atoms with Crippen molar-refractivity contribution >= 4 is 11.9 Å². The van der Waals surface area contributed by atoms with Crippen LogP contribution in [0, 0.1) is 0 Å². The Labute approximate surface area is 140 Å². The molecule has 2 N–H and O–H groups in total. The van der Waals surface area contributed by atoms with E-state index in [4.69, 9.17) is 4.74 Å². The molecule has 1 atom stereocenters. The molecule has 1 aromatic carbocycles. The molecule has 24 heavy (non-hydrogen) atoms. The first kappa shape index (κ1) is 17.7. The van der Waals surface area contributed by atoms with Crippen molar-refractivity contribution in [2.24, 2.45) is 0 Å². The van der Waals surface area contributed by atoms with E-state index in [0.29, 0.717) is 5.56 Å². The average molecular weight is 331 g/mol. The van der Waals surface area contributed by atoms with Crippen LogP contribution in [0.15, 0.2) is 48.8 Å². The third-order valence-corrected chi connectivity index (χ3v) is 3.55. The number of aliphatic hydroxyl groups excluding tert-OH is 1. The van der Waals surface area contributed by atoms with Crippen LogP contribution in [0.2, 0.25) is 0 Å². The number of carbonyl (C=O) groups excluding carboxylic acids is 1. The lowest BCUT2D eigenvalue weighted by Crippen LogP contribution is -2.52. The molecule has 6 heteroatoms. The average Bonchev–Trinajstić information content (AvgIpc) is 3.01. The summed E-state index contributed by atoms with van der Waals surface area (Å²) in [7, 11) is 0. The van der Waals surface area contributed by atoms with Crippen LogP contribution < -0.4 is 0 Å². The number of carboxylic acids is 1. The molecule has 0 amide bonds. The van der Waals surface area contributed by atoms with E-state index in [9.17, 15) is 19.8 Å². The molecule has 128 valence electrons. The summed E-state index contributed by atoms with van der Waals surface area (Å²) in [6.07, 6.45) is 3.02. The fourth-order valence-electron chi connectivity index (χ4n) is 2.45. The quantitative estimate of drug-likeness (QED) is 0.647. The lowest BCUT2D eigenvalue weighted by molar-refractivity contribution is -0.171. The van der Waals surface area contributed by atoms with E-state index >= 15 is 0 Å². The molecule has 0 aliphatic rings. The van der Waals surface area contributed by atoms with Crippen LogP contribution in [0.1, 0.15) is 31.9 Å². The molecule has 0 fully saturated rings. The lowest BCUT2D eigenvalue weighted by atomic mass is 9.88. The first-order chi connectivity index (χ1) is 11.2. The molecule has 0 aliphatic heterocycles. The Morgan fingerprint density at radius 3 is 2.04 bits per heavy atom. The molecule has 0 aliphatic carbocycles. The fraction of sp³-hybridized carbons (Fsp3) is 0.333. The van der Waals surface area contributed by atoms with Crippen molar-refractivity contribution in [1.29, 1.82) is 0 Å². The molecule has 1 heterocycles. The number of aliphatic hydroxyl groups is 1. The van der Waals surface area contributed by atoms with Gasteiger partial charge in [-0.1, -0.05) is 24.3 Å². The summed E-state index contributed by atoms with van der Waals surface area (Å²) in [6.45, 7) is 4.88. The minimum atomic E-state index is -2.04. The van der Waals surface area contributed by atoms with Gasteiger partial charge in [0.15, 0.2) is 0 Å². The smallest absolute Gasteiger partial charge is 0.349 e. The minimum Gasteiger partial charge on any atom is -0.479 e. The molecular formula is C18H21NO5. The van der Waals surface area contributed by atoms with Crippen molar-refractivity contribution in [1.82, 2.24) is 4.57 Å². The van der Waals surface area contributed by atoms with Crippen molar-refractivity contribution in [3.63, 3.8) is 0 Å². The van der Waals surface area contributed by atoms with Crippen molar-refractivity contribution < 1.29 is 24.5 Å². The van der Waals surface area contributed by atoms with E-state index in [1.807, 2.05) is 0 Å². The SMILES string of the molecule is CC(C)(C)OC(=O)C(C(=O)O)(c1ccc(CO)cc1)n1cccc1. The van der Waals surface area contributed by atoms with E-state index in [2.05, 4.69) is 0 Å². The molecule has 0 spiro atoms. The van der Waals surface area contributed by atoms with E-state index in [-0.39, 0.29) is 12.2 Å².